The molecule has 0 rings (SSSR count). The number of carboxylic acids is 2. The Morgan fingerprint density at radius 2 is 0.659 bits per heavy atom. The molecular formula is C36H68O5. The molecule has 0 saturated heterocycles. The smallest absolute Gasteiger partial charge is 0.303 e. The fourth-order valence-corrected chi connectivity index (χ4v) is 4.88. The van der Waals surface area contributed by atoms with Gasteiger partial charge in [-0.1, -0.05) is 135 Å². The molecule has 0 aromatic heterocycles. The summed E-state index contributed by atoms with van der Waals surface area (Å²) in [7, 11) is 0. The second kappa shape index (κ2) is 36.4. The zero-order chi connectivity index (χ0) is 30.7. The van der Waals surface area contributed by atoms with Gasteiger partial charge in [0, 0.05) is 25.7 Å². The third-order valence-electron chi connectivity index (χ3n) is 7.56. The van der Waals surface area contributed by atoms with Gasteiger partial charge in [0.2, 0.25) is 0 Å². The first kappa shape index (κ1) is 41.5. The van der Waals surface area contributed by atoms with Crippen molar-refractivity contribution in [1.29, 1.82) is 0 Å². The number of unbranched alkanes of at least 4 members (excludes halogenated alkanes) is 21. The number of hydrogen-bond acceptors (Lipinski definition) is 3. The van der Waals surface area contributed by atoms with Crippen molar-refractivity contribution < 1.29 is 24.6 Å². The highest BCUT2D eigenvalue weighted by Crippen LogP contribution is 2.13. The van der Waals surface area contributed by atoms with Gasteiger partial charge in [0.1, 0.15) is 5.78 Å². The molecule has 0 fully saturated rings. The molecule has 41 heavy (non-hydrogen) atoms. The average Bonchev–Trinajstić information content (AvgIpc) is 2.94. The maximum Gasteiger partial charge on any atom is 0.303 e. The van der Waals surface area contributed by atoms with Crippen molar-refractivity contribution in [3.8, 4) is 0 Å². The normalized spacial score (nSPS) is 11.0. The molecule has 0 amide bonds. The molecule has 0 unspecified atom stereocenters. The van der Waals surface area contributed by atoms with Gasteiger partial charge in [-0.2, -0.15) is 0 Å². The Bertz CT molecular complexity index is 599. The maximum atomic E-state index is 11.6. The first-order chi connectivity index (χ1) is 19.9. The van der Waals surface area contributed by atoms with Crippen LogP contribution in [-0.4, -0.2) is 27.9 Å². The van der Waals surface area contributed by atoms with E-state index in [0.717, 1.165) is 64.2 Å². The number of aliphatic carboxylic acids is 2. The summed E-state index contributed by atoms with van der Waals surface area (Å²) in [6.07, 6.45) is 36.7. The van der Waals surface area contributed by atoms with Gasteiger partial charge >= 0.3 is 11.9 Å². The zero-order valence-electron chi connectivity index (χ0n) is 27.3. The minimum atomic E-state index is -0.686. The Balaban J connectivity index is 0. The van der Waals surface area contributed by atoms with Crippen LogP contribution in [0.15, 0.2) is 12.2 Å². The van der Waals surface area contributed by atoms with Crippen LogP contribution in [0, 0.1) is 0 Å². The Kier molecular flexibility index (Phi) is 36.8. The molecule has 0 saturated carbocycles. The summed E-state index contributed by atoms with van der Waals surface area (Å²) in [6, 6.07) is 0. The summed E-state index contributed by atoms with van der Waals surface area (Å²) in [6.45, 7) is 4.44. The number of rotatable bonds is 31. The number of allylic oxidation sites excluding steroid dienone is 2. The van der Waals surface area contributed by atoms with Gasteiger partial charge in [0.15, 0.2) is 0 Å². The Hall–Kier alpha value is -1.65. The first-order valence-corrected chi connectivity index (χ1v) is 17.5. The van der Waals surface area contributed by atoms with Crippen LogP contribution in [0.4, 0.5) is 0 Å². The highest BCUT2D eigenvalue weighted by Gasteiger charge is 2.02. The first-order valence-electron chi connectivity index (χ1n) is 17.5. The van der Waals surface area contributed by atoms with Crippen LogP contribution in [-0.2, 0) is 14.4 Å². The van der Waals surface area contributed by atoms with E-state index in [1.807, 2.05) is 0 Å². The Morgan fingerprint density at radius 1 is 0.390 bits per heavy atom. The third-order valence-corrected chi connectivity index (χ3v) is 7.56. The molecule has 5 heteroatoms. The quantitative estimate of drug-likeness (QED) is 0.0628. The maximum absolute atomic E-state index is 11.6. The Labute approximate surface area is 254 Å². The predicted molar refractivity (Wildman–Crippen MR) is 175 cm³/mol. The van der Waals surface area contributed by atoms with E-state index in [-0.39, 0.29) is 0 Å². The highest BCUT2D eigenvalue weighted by atomic mass is 16.4. The fourth-order valence-electron chi connectivity index (χ4n) is 4.88. The van der Waals surface area contributed by atoms with Gasteiger partial charge < -0.3 is 10.2 Å². The van der Waals surface area contributed by atoms with E-state index >= 15 is 0 Å². The average molecular weight is 581 g/mol. The van der Waals surface area contributed by atoms with Crippen molar-refractivity contribution in [2.75, 3.05) is 0 Å². The van der Waals surface area contributed by atoms with Crippen LogP contribution in [0.5, 0.6) is 0 Å². The van der Waals surface area contributed by atoms with E-state index in [1.54, 1.807) is 0 Å². The van der Waals surface area contributed by atoms with Crippen LogP contribution in [0.1, 0.15) is 200 Å². The van der Waals surface area contributed by atoms with E-state index in [9.17, 15) is 14.4 Å². The SMILES string of the molecule is CCCCCC/C=C\CCCCCCCCCC(=O)O.CCCCCCC(=O)CCCCCCCCCCC(=O)O. The lowest BCUT2D eigenvalue weighted by atomic mass is 10.0. The van der Waals surface area contributed by atoms with E-state index in [1.165, 1.54) is 109 Å². The van der Waals surface area contributed by atoms with E-state index in [2.05, 4.69) is 26.0 Å². The van der Waals surface area contributed by atoms with Crippen molar-refractivity contribution >= 4 is 17.7 Å². The van der Waals surface area contributed by atoms with Crippen LogP contribution >= 0.6 is 0 Å². The van der Waals surface area contributed by atoms with Crippen LogP contribution < -0.4 is 0 Å². The third kappa shape index (κ3) is 42.9. The summed E-state index contributed by atoms with van der Waals surface area (Å²) < 4.78 is 0. The lowest BCUT2D eigenvalue weighted by Gasteiger charge is -2.02. The summed E-state index contributed by atoms with van der Waals surface area (Å²) in [4.78, 5) is 32.3. The van der Waals surface area contributed by atoms with E-state index in [0.29, 0.717) is 18.6 Å². The number of carbonyl (C=O) groups excluding carboxylic acids is 1. The van der Waals surface area contributed by atoms with Crippen LogP contribution in [0.2, 0.25) is 0 Å². The van der Waals surface area contributed by atoms with Crippen LogP contribution in [0.25, 0.3) is 0 Å². The van der Waals surface area contributed by atoms with Crippen molar-refractivity contribution in [2.24, 2.45) is 0 Å². The van der Waals surface area contributed by atoms with Crippen molar-refractivity contribution in [1.82, 2.24) is 0 Å². The van der Waals surface area contributed by atoms with Crippen molar-refractivity contribution in [3.63, 3.8) is 0 Å². The van der Waals surface area contributed by atoms with Gasteiger partial charge in [0.05, 0.1) is 0 Å². The summed E-state index contributed by atoms with van der Waals surface area (Å²) in [5.74, 6) is -0.902. The second-order valence-corrected chi connectivity index (χ2v) is 11.8. The number of carbonyl (C=O) groups is 3. The van der Waals surface area contributed by atoms with E-state index in [4.69, 9.17) is 10.2 Å². The summed E-state index contributed by atoms with van der Waals surface area (Å²) >= 11 is 0. The minimum Gasteiger partial charge on any atom is -0.481 e. The second-order valence-electron chi connectivity index (χ2n) is 11.8. The number of carboxylic acid groups (broad SMARTS) is 2. The summed E-state index contributed by atoms with van der Waals surface area (Å²) in [5.41, 5.74) is 0. The minimum absolute atomic E-state index is 0.306. The molecular weight excluding hydrogens is 512 g/mol. The Morgan fingerprint density at radius 3 is 1.00 bits per heavy atom. The van der Waals surface area contributed by atoms with Gasteiger partial charge in [-0.15, -0.1) is 0 Å². The molecule has 0 heterocycles. The lowest BCUT2D eigenvalue weighted by Crippen LogP contribution is -1.97. The number of Topliss-reactive ketones (excluding diaryl/α,β-unsaturated/α-hetero) is 1. The number of ketones is 1. The lowest BCUT2D eigenvalue weighted by molar-refractivity contribution is -0.138. The van der Waals surface area contributed by atoms with Crippen LogP contribution in [0.3, 0.4) is 0 Å². The molecule has 0 atom stereocenters. The van der Waals surface area contributed by atoms with Crippen molar-refractivity contribution in [3.05, 3.63) is 12.2 Å². The molecule has 0 spiro atoms. The highest BCUT2D eigenvalue weighted by molar-refractivity contribution is 5.78. The molecule has 0 aliphatic carbocycles. The molecule has 0 aromatic carbocycles. The largest absolute Gasteiger partial charge is 0.481 e. The molecule has 0 aromatic rings. The predicted octanol–water partition coefficient (Wildman–Crippen LogP) is 11.6. The molecule has 2 N–H and O–H groups in total. The van der Waals surface area contributed by atoms with Gasteiger partial charge in [-0.3, -0.25) is 14.4 Å². The monoisotopic (exact) mass is 581 g/mol. The zero-order valence-corrected chi connectivity index (χ0v) is 27.3. The molecule has 0 radical (unpaired) electrons. The van der Waals surface area contributed by atoms with E-state index < -0.39 is 11.9 Å². The van der Waals surface area contributed by atoms with Crippen molar-refractivity contribution in [2.45, 2.75) is 200 Å². The molecule has 5 nitrogen and oxygen atoms in total. The van der Waals surface area contributed by atoms with Gasteiger partial charge in [-0.25, -0.2) is 0 Å². The topological polar surface area (TPSA) is 91.7 Å². The molecule has 242 valence electrons. The number of hydrogen-bond donors (Lipinski definition) is 2. The summed E-state index contributed by atoms with van der Waals surface area (Å²) in [5, 5.41) is 17.0. The van der Waals surface area contributed by atoms with Gasteiger partial charge in [0.25, 0.3) is 0 Å². The standard InChI is InChI=1S/C18H34O3.C18H34O2/c1-2-3-4-11-14-17(19)15-12-9-7-5-6-8-10-13-16-18(20)21;1-2-3-4-5-6-7-8-9-10-11-12-13-14-15-16-17-18(19)20/h2-16H2,1H3,(H,20,21);7-8H,2-6,9-17H2,1H3,(H,19,20)/b;8-7-. The molecule has 0 aliphatic heterocycles. The van der Waals surface area contributed by atoms with Gasteiger partial charge in [-0.05, 0) is 51.4 Å². The fraction of sp³-hybridized carbons (Fsp3) is 0.861. The molecule has 0 aliphatic rings. The molecule has 0 bridgehead atoms.